The molecule has 174 valence electrons. The summed E-state index contributed by atoms with van der Waals surface area (Å²) < 4.78 is 87.3. The van der Waals surface area contributed by atoms with Crippen LogP contribution in [0.4, 0.5) is 26.3 Å². The quantitative estimate of drug-likeness (QED) is 0.514. The molecule has 1 amide bonds. The number of alkyl halides is 6. The zero-order valence-electron chi connectivity index (χ0n) is 17.0. The molecule has 0 saturated heterocycles. The number of hydrogen-bond donors (Lipinski definition) is 1. The van der Waals surface area contributed by atoms with Crippen LogP contribution >= 0.6 is 0 Å². The lowest BCUT2D eigenvalue weighted by atomic mass is 10.0. The average molecular weight is 457 g/mol. The monoisotopic (exact) mass is 457 g/mol. The smallest absolute Gasteiger partial charge is 0.416 e. The molecule has 0 aliphatic heterocycles. The number of rotatable bonds is 6. The van der Waals surface area contributed by atoms with Crippen molar-refractivity contribution in [1.29, 1.82) is 0 Å². The molecule has 0 bridgehead atoms. The molecule has 0 spiro atoms. The average Bonchev–Trinajstić information content (AvgIpc) is 2.61. The van der Waals surface area contributed by atoms with Gasteiger partial charge in [-0.05, 0) is 45.4 Å². The van der Waals surface area contributed by atoms with Crippen molar-refractivity contribution in [3.8, 4) is 0 Å². The number of esters is 2. The predicted octanol–water partition coefficient (Wildman–Crippen LogP) is 4.12. The molecule has 0 aliphatic rings. The number of methoxy groups -OCH3 is 1. The molecule has 0 aromatic heterocycles. The maximum absolute atomic E-state index is 13.0. The van der Waals surface area contributed by atoms with Crippen LogP contribution in [0, 0.1) is 0 Å². The number of hydrogen-bond acceptors (Lipinski definition) is 5. The lowest BCUT2D eigenvalue weighted by Gasteiger charge is -2.21. The van der Waals surface area contributed by atoms with Gasteiger partial charge in [-0.2, -0.15) is 26.3 Å². The summed E-state index contributed by atoms with van der Waals surface area (Å²) in [6.45, 7) is 4.78. The summed E-state index contributed by atoms with van der Waals surface area (Å²) >= 11 is 0. The Morgan fingerprint density at radius 2 is 1.42 bits per heavy atom. The largest absolute Gasteiger partial charge is 0.467 e. The van der Waals surface area contributed by atoms with Crippen LogP contribution in [0.3, 0.4) is 0 Å². The van der Waals surface area contributed by atoms with Crippen molar-refractivity contribution in [2.45, 2.75) is 57.6 Å². The van der Waals surface area contributed by atoms with Crippen LogP contribution in [0.25, 0.3) is 0 Å². The highest BCUT2D eigenvalue weighted by atomic mass is 19.4. The minimum atomic E-state index is -5.14. The van der Waals surface area contributed by atoms with Gasteiger partial charge >= 0.3 is 24.3 Å². The van der Waals surface area contributed by atoms with Crippen LogP contribution in [0.15, 0.2) is 18.2 Å². The summed E-state index contributed by atoms with van der Waals surface area (Å²) in [6, 6.07) is -1.18. The molecule has 12 heteroatoms. The van der Waals surface area contributed by atoms with E-state index < -0.39 is 58.5 Å². The minimum absolute atomic E-state index is 0.128. The fraction of sp³-hybridized carbons (Fsp3) is 0.526. The second kappa shape index (κ2) is 9.56. The molecule has 1 aromatic carbocycles. The van der Waals surface area contributed by atoms with Crippen molar-refractivity contribution >= 4 is 17.8 Å². The van der Waals surface area contributed by atoms with Crippen LogP contribution in [0.2, 0.25) is 0 Å². The van der Waals surface area contributed by atoms with E-state index in [4.69, 9.17) is 4.74 Å². The Bertz CT molecular complexity index is 794. The molecule has 0 saturated carbocycles. The third-order valence-electron chi connectivity index (χ3n) is 3.70. The van der Waals surface area contributed by atoms with Gasteiger partial charge in [0.2, 0.25) is 0 Å². The van der Waals surface area contributed by atoms with E-state index in [0.717, 1.165) is 7.11 Å². The summed E-state index contributed by atoms with van der Waals surface area (Å²) in [6.07, 6.45) is -11.0. The molecule has 0 radical (unpaired) electrons. The Hall–Kier alpha value is -2.79. The highest BCUT2D eigenvalue weighted by Gasteiger charge is 2.38. The normalized spacial score (nSPS) is 13.4. The molecule has 0 heterocycles. The van der Waals surface area contributed by atoms with E-state index in [1.165, 1.54) is 0 Å². The number of carbonyl (C=O) groups is 3. The number of benzene rings is 1. The topological polar surface area (TPSA) is 81.7 Å². The number of nitrogens with one attached hydrogen (secondary N) is 1. The molecule has 0 unspecified atom stereocenters. The lowest BCUT2D eigenvalue weighted by Crippen LogP contribution is -2.42. The Morgan fingerprint density at radius 3 is 1.81 bits per heavy atom. The van der Waals surface area contributed by atoms with E-state index in [0.29, 0.717) is 0 Å². The third-order valence-corrected chi connectivity index (χ3v) is 3.70. The summed E-state index contributed by atoms with van der Waals surface area (Å²) in [4.78, 5) is 36.0. The van der Waals surface area contributed by atoms with Gasteiger partial charge in [0, 0.05) is 12.0 Å². The van der Waals surface area contributed by atoms with Crippen molar-refractivity contribution in [2.24, 2.45) is 0 Å². The fourth-order valence-electron chi connectivity index (χ4n) is 2.37. The predicted molar refractivity (Wildman–Crippen MR) is 94.8 cm³/mol. The van der Waals surface area contributed by atoms with Gasteiger partial charge in [-0.1, -0.05) is 0 Å². The molecule has 0 fully saturated rings. The van der Waals surface area contributed by atoms with Crippen molar-refractivity contribution in [3.63, 3.8) is 0 Å². The molecule has 1 aromatic rings. The zero-order chi connectivity index (χ0) is 24.2. The lowest BCUT2D eigenvalue weighted by molar-refractivity contribution is -0.155. The van der Waals surface area contributed by atoms with E-state index in [1.54, 1.807) is 20.8 Å². The molecular formula is C19H21F6NO5. The standard InChI is InChI=1S/C19H21F6NO5/c1-17(2,3)31-14(27)6-5-13(16(29)30-4)26-15(28)10-7-11(18(20,21)22)9-12(8-10)19(23,24)25/h7-9,13H,5-6H2,1-4H3,(H,26,28)/t13-/m1/s1. The van der Waals surface area contributed by atoms with Crippen LogP contribution in [0.1, 0.15) is 55.1 Å². The number of carbonyl (C=O) groups excluding carboxylic acids is 3. The maximum Gasteiger partial charge on any atom is 0.416 e. The first-order chi connectivity index (χ1) is 13.9. The van der Waals surface area contributed by atoms with E-state index >= 15 is 0 Å². The molecule has 1 rings (SSSR count). The molecule has 31 heavy (non-hydrogen) atoms. The molecular weight excluding hydrogens is 436 g/mol. The van der Waals surface area contributed by atoms with E-state index in [2.05, 4.69) is 4.74 Å². The molecule has 0 aliphatic carbocycles. The first-order valence-electron chi connectivity index (χ1n) is 8.84. The van der Waals surface area contributed by atoms with Crippen molar-refractivity contribution in [2.75, 3.05) is 7.11 Å². The Kier molecular flexibility index (Phi) is 8.10. The maximum atomic E-state index is 13.0. The Labute approximate surface area is 173 Å². The van der Waals surface area contributed by atoms with Gasteiger partial charge in [0.15, 0.2) is 0 Å². The Balaban J connectivity index is 3.13. The first-order valence-corrected chi connectivity index (χ1v) is 8.84. The van der Waals surface area contributed by atoms with E-state index in [9.17, 15) is 40.7 Å². The summed E-state index contributed by atoms with van der Waals surface area (Å²) in [5.74, 6) is -3.15. The molecule has 6 nitrogen and oxygen atoms in total. The SMILES string of the molecule is COC(=O)[C@@H](CCC(=O)OC(C)(C)C)NC(=O)c1cc(C(F)(F)F)cc(C(F)(F)F)c1. The minimum Gasteiger partial charge on any atom is -0.467 e. The van der Waals surface area contributed by atoms with Crippen molar-refractivity contribution in [3.05, 3.63) is 34.9 Å². The van der Waals surface area contributed by atoms with Crippen molar-refractivity contribution < 1.29 is 50.2 Å². The van der Waals surface area contributed by atoms with Crippen molar-refractivity contribution in [1.82, 2.24) is 5.32 Å². The van der Waals surface area contributed by atoms with Gasteiger partial charge in [0.05, 0.1) is 18.2 Å². The summed E-state index contributed by atoms with van der Waals surface area (Å²) in [5.41, 5.74) is -5.16. The molecule has 1 N–H and O–H groups in total. The van der Waals surface area contributed by atoms with Gasteiger partial charge < -0.3 is 14.8 Å². The number of ether oxygens (including phenoxy) is 2. The van der Waals surface area contributed by atoms with Gasteiger partial charge in [-0.3, -0.25) is 9.59 Å². The van der Waals surface area contributed by atoms with Crippen LogP contribution in [-0.2, 0) is 31.4 Å². The summed E-state index contributed by atoms with van der Waals surface area (Å²) in [5, 5.41) is 2.00. The first kappa shape index (κ1) is 26.2. The van der Waals surface area contributed by atoms with E-state index in [-0.39, 0.29) is 31.0 Å². The summed E-state index contributed by atoms with van der Waals surface area (Å²) in [7, 11) is 0.959. The van der Waals surface area contributed by atoms with Crippen LogP contribution < -0.4 is 5.32 Å². The number of halogens is 6. The highest BCUT2D eigenvalue weighted by Crippen LogP contribution is 2.36. The van der Waals surface area contributed by atoms with Gasteiger partial charge in [-0.25, -0.2) is 4.79 Å². The zero-order valence-corrected chi connectivity index (χ0v) is 17.0. The second-order valence-corrected chi connectivity index (χ2v) is 7.47. The third kappa shape index (κ3) is 8.46. The van der Waals surface area contributed by atoms with Gasteiger partial charge in [0.1, 0.15) is 11.6 Å². The molecule has 1 atom stereocenters. The van der Waals surface area contributed by atoms with Gasteiger partial charge in [-0.15, -0.1) is 0 Å². The fourth-order valence-corrected chi connectivity index (χ4v) is 2.37. The van der Waals surface area contributed by atoms with E-state index in [1.807, 2.05) is 5.32 Å². The number of amides is 1. The van der Waals surface area contributed by atoms with Crippen LogP contribution in [-0.4, -0.2) is 36.6 Å². The second-order valence-electron chi connectivity index (χ2n) is 7.47. The van der Waals surface area contributed by atoms with Gasteiger partial charge in [0.25, 0.3) is 5.91 Å². The van der Waals surface area contributed by atoms with Crippen LogP contribution in [0.5, 0.6) is 0 Å². The Morgan fingerprint density at radius 1 is 0.935 bits per heavy atom. The highest BCUT2D eigenvalue weighted by molar-refractivity contribution is 5.97.